The Kier molecular flexibility index (Phi) is 3.29. The van der Waals surface area contributed by atoms with Crippen LogP contribution in [0.5, 0.6) is 0 Å². The summed E-state index contributed by atoms with van der Waals surface area (Å²) in [6.45, 7) is 1.93. The lowest BCUT2D eigenvalue weighted by Gasteiger charge is -2.06. The Bertz CT molecular complexity index is 606. The van der Waals surface area contributed by atoms with Gasteiger partial charge < -0.3 is 11.5 Å². The molecule has 6 heteroatoms. The zero-order valence-corrected chi connectivity index (χ0v) is 11.0. The molecular weight excluding hydrogens is 248 g/mol. The first-order chi connectivity index (χ1) is 8.47. The van der Waals surface area contributed by atoms with Crippen molar-refractivity contribution in [2.45, 2.75) is 16.8 Å². The van der Waals surface area contributed by atoms with E-state index < -0.39 is 5.91 Å². The van der Waals surface area contributed by atoms with Gasteiger partial charge in [-0.05, 0) is 31.2 Å². The molecule has 0 aliphatic heterocycles. The van der Waals surface area contributed by atoms with E-state index in [1.165, 1.54) is 11.8 Å². The number of aryl methyl sites for hydroxylation is 2. The molecule has 0 atom stereocenters. The molecule has 0 unspecified atom stereocenters. The van der Waals surface area contributed by atoms with E-state index >= 15 is 0 Å². The van der Waals surface area contributed by atoms with Crippen LogP contribution in [0, 0.1) is 6.92 Å². The van der Waals surface area contributed by atoms with Crippen LogP contribution < -0.4 is 11.5 Å². The van der Waals surface area contributed by atoms with Gasteiger partial charge in [-0.15, -0.1) is 0 Å². The second kappa shape index (κ2) is 4.73. The lowest BCUT2D eigenvalue weighted by molar-refractivity contribution is 0.100. The minimum absolute atomic E-state index is 0.415. The van der Waals surface area contributed by atoms with Crippen LogP contribution in [0.3, 0.4) is 0 Å². The second-order valence-electron chi connectivity index (χ2n) is 3.97. The number of nitrogens with zero attached hydrogens (tertiary/aromatic N) is 2. The average Bonchev–Trinajstić information content (AvgIpc) is 2.60. The Morgan fingerprint density at radius 3 is 2.61 bits per heavy atom. The maximum Gasteiger partial charge on any atom is 0.248 e. The number of nitrogens with two attached hydrogens (primary N) is 2. The highest BCUT2D eigenvalue weighted by Gasteiger charge is 2.09. The Hall–Kier alpha value is -1.95. The number of aromatic nitrogens is 2. The van der Waals surface area contributed by atoms with E-state index in [0.29, 0.717) is 11.3 Å². The number of amides is 1. The predicted octanol–water partition coefficient (Wildman–Crippen LogP) is 1.56. The van der Waals surface area contributed by atoms with E-state index in [9.17, 15) is 4.79 Å². The van der Waals surface area contributed by atoms with Gasteiger partial charge in [0.05, 0.1) is 10.7 Å². The fourth-order valence-electron chi connectivity index (χ4n) is 1.59. The number of rotatable bonds is 3. The number of carbonyl (C=O) groups excluding carboxylic acids is 1. The summed E-state index contributed by atoms with van der Waals surface area (Å²) in [5, 5.41) is 5.26. The normalized spacial score (nSPS) is 10.6. The molecule has 4 N–H and O–H groups in total. The number of hydrogen-bond donors (Lipinski definition) is 2. The average molecular weight is 262 g/mol. The molecule has 2 aromatic rings. The highest BCUT2D eigenvalue weighted by atomic mass is 32.2. The number of anilines is 1. The first-order valence-electron chi connectivity index (χ1n) is 5.35. The predicted molar refractivity (Wildman–Crippen MR) is 71.4 cm³/mol. The van der Waals surface area contributed by atoms with Crippen molar-refractivity contribution >= 4 is 23.4 Å². The fourth-order valence-corrected chi connectivity index (χ4v) is 2.53. The van der Waals surface area contributed by atoms with Crippen LogP contribution >= 0.6 is 11.8 Å². The third kappa shape index (κ3) is 2.48. The van der Waals surface area contributed by atoms with Crippen LogP contribution in [0.2, 0.25) is 0 Å². The van der Waals surface area contributed by atoms with Crippen molar-refractivity contribution in [2.24, 2.45) is 12.8 Å². The van der Waals surface area contributed by atoms with Gasteiger partial charge in [0.1, 0.15) is 0 Å². The minimum atomic E-state index is -0.477. The lowest BCUT2D eigenvalue weighted by atomic mass is 10.2. The first-order valence-corrected chi connectivity index (χ1v) is 6.17. The maximum atomic E-state index is 11.0. The molecule has 94 valence electrons. The van der Waals surface area contributed by atoms with Gasteiger partial charge in [-0.1, -0.05) is 11.8 Å². The Balaban J connectivity index is 2.30. The molecule has 0 aliphatic rings. The molecule has 18 heavy (non-hydrogen) atoms. The summed E-state index contributed by atoms with van der Waals surface area (Å²) in [6, 6.07) is 7.03. The van der Waals surface area contributed by atoms with Gasteiger partial charge >= 0.3 is 0 Å². The SMILES string of the molecule is Cc1cc(Sc2ccc(C(N)=O)cc2N)n(C)n1. The van der Waals surface area contributed by atoms with Crippen LogP contribution in [0.15, 0.2) is 34.2 Å². The smallest absolute Gasteiger partial charge is 0.248 e. The highest BCUT2D eigenvalue weighted by Crippen LogP contribution is 2.32. The van der Waals surface area contributed by atoms with Gasteiger partial charge in [-0.3, -0.25) is 9.48 Å². The Morgan fingerprint density at radius 2 is 2.11 bits per heavy atom. The molecule has 1 amide bonds. The van der Waals surface area contributed by atoms with Crippen molar-refractivity contribution < 1.29 is 4.79 Å². The van der Waals surface area contributed by atoms with E-state index in [2.05, 4.69) is 5.10 Å². The van der Waals surface area contributed by atoms with E-state index in [-0.39, 0.29) is 0 Å². The highest BCUT2D eigenvalue weighted by molar-refractivity contribution is 7.99. The monoisotopic (exact) mass is 262 g/mol. The zero-order valence-electron chi connectivity index (χ0n) is 10.2. The number of benzene rings is 1. The quantitative estimate of drug-likeness (QED) is 0.822. The summed E-state index contributed by atoms with van der Waals surface area (Å²) in [5.41, 5.74) is 13.0. The van der Waals surface area contributed by atoms with Crippen LogP contribution in [-0.2, 0) is 7.05 Å². The van der Waals surface area contributed by atoms with Gasteiger partial charge in [0.25, 0.3) is 0 Å². The molecular formula is C12H14N4OS. The summed E-state index contributed by atoms with van der Waals surface area (Å²) in [6.07, 6.45) is 0. The molecule has 1 aromatic heterocycles. The molecule has 1 aromatic carbocycles. The van der Waals surface area contributed by atoms with E-state index in [0.717, 1.165) is 15.6 Å². The number of hydrogen-bond acceptors (Lipinski definition) is 4. The van der Waals surface area contributed by atoms with Crippen molar-refractivity contribution in [1.82, 2.24) is 9.78 Å². The third-order valence-corrected chi connectivity index (χ3v) is 3.65. The molecule has 0 radical (unpaired) electrons. The Morgan fingerprint density at radius 1 is 1.39 bits per heavy atom. The van der Waals surface area contributed by atoms with Crippen LogP contribution in [0.4, 0.5) is 5.69 Å². The van der Waals surface area contributed by atoms with Crippen LogP contribution in [0.25, 0.3) is 0 Å². The van der Waals surface area contributed by atoms with E-state index in [1.54, 1.807) is 22.9 Å². The van der Waals surface area contributed by atoms with Crippen molar-refractivity contribution in [2.75, 3.05) is 5.73 Å². The zero-order chi connectivity index (χ0) is 13.3. The maximum absolute atomic E-state index is 11.0. The summed E-state index contributed by atoms with van der Waals surface area (Å²) in [5.74, 6) is -0.477. The van der Waals surface area contributed by atoms with Gasteiger partial charge in [0, 0.05) is 23.2 Å². The fraction of sp³-hybridized carbons (Fsp3) is 0.167. The number of nitrogen functional groups attached to an aromatic ring is 1. The van der Waals surface area contributed by atoms with Crippen LogP contribution in [-0.4, -0.2) is 15.7 Å². The third-order valence-electron chi connectivity index (χ3n) is 2.47. The first kappa shape index (κ1) is 12.5. The van der Waals surface area contributed by atoms with Gasteiger partial charge in [-0.25, -0.2) is 0 Å². The summed E-state index contributed by atoms with van der Waals surface area (Å²) in [7, 11) is 1.88. The largest absolute Gasteiger partial charge is 0.398 e. The topological polar surface area (TPSA) is 86.9 Å². The molecule has 5 nitrogen and oxygen atoms in total. The molecule has 0 fully saturated rings. The molecule has 0 saturated heterocycles. The van der Waals surface area contributed by atoms with Crippen LogP contribution in [0.1, 0.15) is 16.1 Å². The summed E-state index contributed by atoms with van der Waals surface area (Å²) >= 11 is 1.51. The second-order valence-corrected chi connectivity index (χ2v) is 5.03. The van der Waals surface area contributed by atoms with Gasteiger partial charge in [0.2, 0.25) is 5.91 Å². The number of primary amides is 1. The Labute approximate surface area is 109 Å². The molecule has 1 heterocycles. The molecule has 0 saturated carbocycles. The van der Waals surface area contributed by atoms with Gasteiger partial charge in [0.15, 0.2) is 0 Å². The van der Waals surface area contributed by atoms with E-state index in [1.807, 2.05) is 20.0 Å². The van der Waals surface area contributed by atoms with Crippen molar-refractivity contribution in [3.63, 3.8) is 0 Å². The molecule has 2 rings (SSSR count). The lowest BCUT2D eigenvalue weighted by Crippen LogP contribution is -2.11. The van der Waals surface area contributed by atoms with Crippen molar-refractivity contribution in [3.05, 3.63) is 35.5 Å². The molecule has 0 spiro atoms. The van der Waals surface area contributed by atoms with E-state index in [4.69, 9.17) is 11.5 Å². The van der Waals surface area contributed by atoms with Crippen molar-refractivity contribution in [1.29, 1.82) is 0 Å². The standard InChI is InChI=1S/C12H14N4OS/c1-7-5-11(16(2)15-7)18-10-4-3-8(12(14)17)6-9(10)13/h3-6H,13H2,1-2H3,(H2,14,17). The molecule has 0 aliphatic carbocycles. The summed E-state index contributed by atoms with van der Waals surface area (Å²) in [4.78, 5) is 11.9. The van der Waals surface area contributed by atoms with Crippen molar-refractivity contribution in [3.8, 4) is 0 Å². The summed E-state index contributed by atoms with van der Waals surface area (Å²) < 4.78 is 1.79. The number of carbonyl (C=O) groups is 1. The van der Waals surface area contributed by atoms with Gasteiger partial charge in [-0.2, -0.15) is 5.10 Å². The minimum Gasteiger partial charge on any atom is -0.398 e. The molecule has 0 bridgehead atoms.